The van der Waals surface area contributed by atoms with E-state index >= 15 is 0 Å². The van der Waals surface area contributed by atoms with E-state index in [9.17, 15) is 8.42 Å². The lowest BCUT2D eigenvalue weighted by Gasteiger charge is -2.19. The average molecular weight is 299 g/mol. The van der Waals surface area contributed by atoms with Crippen LogP contribution in [0.15, 0.2) is 24.3 Å². The summed E-state index contributed by atoms with van der Waals surface area (Å²) in [5, 5.41) is 3.18. The van der Waals surface area contributed by atoms with E-state index in [2.05, 4.69) is 5.32 Å². The number of nitrogens with one attached hydrogen (secondary N) is 1. The quantitative estimate of drug-likeness (QED) is 0.783. The molecule has 0 fully saturated rings. The second-order valence-electron chi connectivity index (χ2n) is 5.78. The molecule has 1 aromatic rings. The Kier molecular flexibility index (Phi) is 6.02. The minimum atomic E-state index is -3.03. The van der Waals surface area contributed by atoms with Crippen LogP contribution < -0.4 is 10.1 Å². The maximum Gasteiger partial charge on any atom is 0.156 e. The van der Waals surface area contributed by atoms with Crippen molar-refractivity contribution < 1.29 is 13.2 Å². The average Bonchev–Trinajstić information content (AvgIpc) is 2.37. The van der Waals surface area contributed by atoms with E-state index in [4.69, 9.17) is 4.74 Å². The SMILES string of the molecule is COc1ccc(CCNCCS(=O)(=O)C(C)(C)C)cc1. The summed E-state index contributed by atoms with van der Waals surface area (Å²) in [6, 6.07) is 7.90. The first-order valence-corrected chi connectivity index (χ1v) is 8.47. The Morgan fingerprint density at radius 2 is 1.70 bits per heavy atom. The fourth-order valence-corrected chi connectivity index (χ4v) is 2.69. The number of methoxy groups -OCH3 is 1. The predicted octanol–water partition coefficient (Wildman–Crippen LogP) is 2.04. The maximum atomic E-state index is 11.9. The lowest BCUT2D eigenvalue weighted by atomic mass is 10.1. The zero-order valence-corrected chi connectivity index (χ0v) is 13.6. The van der Waals surface area contributed by atoms with Gasteiger partial charge in [0.05, 0.1) is 17.6 Å². The van der Waals surface area contributed by atoms with E-state index < -0.39 is 14.6 Å². The van der Waals surface area contributed by atoms with Gasteiger partial charge in [0.2, 0.25) is 0 Å². The van der Waals surface area contributed by atoms with Crippen molar-refractivity contribution in [3.05, 3.63) is 29.8 Å². The molecular weight excluding hydrogens is 274 g/mol. The zero-order chi connectivity index (χ0) is 15.2. The third-order valence-corrected chi connectivity index (χ3v) is 5.84. The molecule has 114 valence electrons. The molecule has 0 spiro atoms. The molecule has 5 heteroatoms. The summed E-state index contributed by atoms with van der Waals surface area (Å²) in [6.45, 7) is 6.47. The molecule has 0 amide bonds. The molecule has 0 aliphatic carbocycles. The number of hydrogen-bond donors (Lipinski definition) is 1. The molecule has 0 aliphatic rings. The van der Waals surface area contributed by atoms with Crippen LogP contribution in [0.5, 0.6) is 5.75 Å². The number of benzene rings is 1. The molecule has 0 bridgehead atoms. The lowest BCUT2D eigenvalue weighted by Crippen LogP contribution is -2.35. The Balaban J connectivity index is 2.29. The molecule has 0 unspecified atom stereocenters. The standard InChI is InChI=1S/C15H25NO3S/c1-15(2,3)20(17,18)12-11-16-10-9-13-5-7-14(19-4)8-6-13/h5-8,16H,9-12H2,1-4H3. The van der Waals surface area contributed by atoms with Crippen LogP contribution in [0.3, 0.4) is 0 Å². The summed E-state index contributed by atoms with van der Waals surface area (Å²) in [6.07, 6.45) is 0.875. The van der Waals surface area contributed by atoms with Crippen molar-refractivity contribution in [2.45, 2.75) is 31.9 Å². The van der Waals surface area contributed by atoms with Gasteiger partial charge in [0.1, 0.15) is 5.75 Å². The van der Waals surface area contributed by atoms with E-state index in [1.807, 2.05) is 24.3 Å². The van der Waals surface area contributed by atoms with Gasteiger partial charge in [-0.1, -0.05) is 12.1 Å². The van der Waals surface area contributed by atoms with Crippen molar-refractivity contribution in [2.75, 3.05) is 26.0 Å². The molecule has 1 N–H and O–H groups in total. The van der Waals surface area contributed by atoms with Crippen LogP contribution in [0, 0.1) is 0 Å². The fourth-order valence-electron chi connectivity index (χ4n) is 1.66. The largest absolute Gasteiger partial charge is 0.497 e. The van der Waals surface area contributed by atoms with E-state index in [-0.39, 0.29) is 5.75 Å². The lowest BCUT2D eigenvalue weighted by molar-refractivity contribution is 0.414. The number of rotatable bonds is 7. The van der Waals surface area contributed by atoms with Gasteiger partial charge in [-0.25, -0.2) is 8.42 Å². The minimum Gasteiger partial charge on any atom is -0.497 e. The molecule has 1 rings (SSSR count). The molecule has 1 aromatic carbocycles. The van der Waals surface area contributed by atoms with Gasteiger partial charge in [-0.3, -0.25) is 0 Å². The van der Waals surface area contributed by atoms with Crippen molar-refractivity contribution >= 4 is 9.84 Å². The Labute approximate surface area is 122 Å². The molecular formula is C15H25NO3S. The first-order chi connectivity index (χ1) is 9.26. The molecule has 4 nitrogen and oxygen atoms in total. The first kappa shape index (κ1) is 17.0. The van der Waals surface area contributed by atoms with Crippen LogP contribution in [0.1, 0.15) is 26.3 Å². The van der Waals surface area contributed by atoms with Crippen LogP contribution in [-0.2, 0) is 16.3 Å². The van der Waals surface area contributed by atoms with Gasteiger partial charge in [0.25, 0.3) is 0 Å². The summed E-state index contributed by atoms with van der Waals surface area (Å²) >= 11 is 0. The van der Waals surface area contributed by atoms with Crippen molar-refractivity contribution in [1.29, 1.82) is 0 Å². The van der Waals surface area contributed by atoms with Gasteiger partial charge < -0.3 is 10.1 Å². The highest BCUT2D eigenvalue weighted by Crippen LogP contribution is 2.15. The van der Waals surface area contributed by atoms with Crippen LogP contribution >= 0.6 is 0 Å². The van der Waals surface area contributed by atoms with Crippen molar-refractivity contribution in [3.63, 3.8) is 0 Å². The highest BCUT2D eigenvalue weighted by atomic mass is 32.2. The van der Waals surface area contributed by atoms with E-state index in [0.717, 1.165) is 18.7 Å². The number of hydrogen-bond acceptors (Lipinski definition) is 4. The molecule has 0 aromatic heterocycles. The second-order valence-corrected chi connectivity index (χ2v) is 8.64. The Morgan fingerprint density at radius 1 is 1.10 bits per heavy atom. The summed E-state index contributed by atoms with van der Waals surface area (Å²) in [5.74, 6) is 1.03. The van der Waals surface area contributed by atoms with Gasteiger partial charge in [-0.2, -0.15) is 0 Å². The summed E-state index contributed by atoms with van der Waals surface area (Å²) < 4.78 is 28.2. The van der Waals surface area contributed by atoms with Crippen LogP contribution in [0.4, 0.5) is 0 Å². The maximum absolute atomic E-state index is 11.9. The van der Waals surface area contributed by atoms with Crippen molar-refractivity contribution in [1.82, 2.24) is 5.32 Å². The van der Waals surface area contributed by atoms with Crippen LogP contribution in [-0.4, -0.2) is 39.1 Å². The molecule has 0 heterocycles. The normalized spacial score (nSPS) is 12.4. The fraction of sp³-hybridized carbons (Fsp3) is 0.600. The van der Waals surface area contributed by atoms with Gasteiger partial charge in [-0.15, -0.1) is 0 Å². The van der Waals surface area contributed by atoms with Crippen molar-refractivity contribution in [3.8, 4) is 5.75 Å². The topological polar surface area (TPSA) is 55.4 Å². The van der Waals surface area contributed by atoms with E-state index in [1.165, 1.54) is 5.56 Å². The third-order valence-electron chi connectivity index (χ3n) is 3.23. The Bertz CT molecular complexity index is 501. The molecule has 20 heavy (non-hydrogen) atoms. The molecule has 0 saturated heterocycles. The molecule has 0 saturated carbocycles. The van der Waals surface area contributed by atoms with Gasteiger partial charge in [0.15, 0.2) is 9.84 Å². The Hall–Kier alpha value is -1.07. The van der Waals surface area contributed by atoms with E-state index in [1.54, 1.807) is 27.9 Å². The summed E-state index contributed by atoms with van der Waals surface area (Å²) in [4.78, 5) is 0. The third kappa shape index (κ3) is 5.13. The summed E-state index contributed by atoms with van der Waals surface area (Å²) in [7, 11) is -1.39. The van der Waals surface area contributed by atoms with Crippen LogP contribution in [0.2, 0.25) is 0 Å². The van der Waals surface area contributed by atoms with Gasteiger partial charge in [0, 0.05) is 6.54 Å². The van der Waals surface area contributed by atoms with Gasteiger partial charge >= 0.3 is 0 Å². The highest BCUT2D eigenvalue weighted by molar-refractivity contribution is 7.92. The molecule has 0 aliphatic heterocycles. The van der Waals surface area contributed by atoms with Gasteiger partial charge in [-0.05, 0) is 51.4 Å². The number of sulfone groups is 1. The predicted molar refractivity (Wildman–Crippen MR) is 83.1 cm³/mol. The Morgan fingerprint density at radius 3 is 2.20 bits per heavy atom. The molecule has 0 radical (unpaired) electrons. The smallest absolute Gasteiger partial charge is 0.156 e. The zero-order valence-electron chi connectivity index (χ0n) is 12.8. The van der Waals surface area contributed by atoms with Crippen LogP contribution in [0.25, 0.3) is 0 Å². The first-order valence-electron chi connectivity index (χ1n) is 6.82. The number of ether oxygens (including phenoxy) is 1. The monoisotopic (exact) mass is 299 g/mol. The van der Waals surface area contributed by atoms with Crippen molar-refractivity contribution in [2.24, 2.45) is 0 Å². The highest BCUT2D eigenvalue weighted by Gasteiger charge is 2.27. The molecule has 0 atom stereocenters. The minimum absolute atomic E-state index is 0.180. The van der Waals surface area contributed by atoms with E-state index in [0.29, 0.717) is 6.54 Å². The summed E-state index contributed by atoms with van der Waals surface area (Å²) in [5.41, 5.74) is 1.21. The second kappa shape index (κ2) is 7.09.